The van der Waals surface area contributed by atoms with E-state index in [-0.39, 0.29) is 17.2 Å². The second-order valence-corrected chi connectivity index (χ2v) is 9.70. The fourth-order valence-corrected chi connectivity index (χ4v) is 4.20. The van der Waals surface area contributed by atoms with Gasteiger partial charge in [-0.25, -0.2) is 4.79 Å². The molecule has 0 bridgehead atoms. The Balaban J connectivity index is 3.45. The Labute approximate surface area is 224 Å². The minimum atomic E-state index is -1.48. The molecule has 0 aliphatic heterocycles. The highest BCUT2D eigenvalue weighted by molar-refractivity contribution is 5.73. The van der Waals surface area contributed by atoms with Crippen LogP contribution in [0, 0.1) is 0 Å². The average molecular weight is 525 g/mol. The normalized spacial score (nSPS) is 10.9. The largest absolute Gasteiger partial charge is 0.511 e. The molecule has 0 spiro atoms. The summed E-state index contributed by atoms with van der Waals surface area (Å²) in [4.78, 5) is 11.6. The minimum Gasteiger partial charge on any atom is -0.502 e. The van der Waals surface area contributed by atoms with Crippen molar-refractivity contribution in [1.29, 1.82) is 0 Å². The number of hydrogen-bond acceptors (Lipinski definition) is 6. The molecule has 1 rings (SSSR count). The first-order chi connectivity index (χ1) is 18.0. The van der Waals surface area contributed by atoms with Crippen molar-refractivity contribution in [3.05, 3.63) is 5.56 Å². The summed E-state index contributed by atoms with van der Waals surface area (Å²) >= 11 is 0. The molecule has 0 aliphatic carbocycles. The maximum Gasteiger partial charge on any atom is 0.511 e. The third-order valence-electron chi connectivity index (χ3n) is 6.34. The molecule has 37 heavy (non-hydrogen) atoms. The van der Waals surface area contributed by atoms with E-state index in [0.717, 1.165) is 77.0 Å². The van der Waals surface area contributed by atoms with Gasteiger partial charge < -0.3 is 29.2 Å². The third kappa shape index (κ3) is 12.7. The molecule has 0 amide bonds. The molecule has 0 radical (unpaired) electrons. The highest BCUT2D eigenvalue weighted by atomic mass is 16.7. The third-order valence-corrected chi connectivity index (χ3v) is 6.34. The molecule has 0 unspecified atom stereocenters. The number of phenolic OH excluding ortho intramolecular Hbond substituents is 1. The molecule has 1 aromatic carbocycles. The van der Waals surface area contributed by atoms with Gasteiger partial charge in [-0.15, -0.1) is 0 Å². The molecular weight excluding hydrogens is 472 g/mol. The maximum absolute atomic E-state index is 11.6. The average Bonchev–Trinajstić information content (AvgIpc) is 2.88. The lowest BCUT2D eigenvalue weighted by molar-refractivity contribution is 0.141. The van der Waals surface area contributed by atoms with E-state index < -0.39 is 6.16 Å². The van der Waals surface area contributed by atoms with Gasteiger partial charge in [0.15, 0.2) is 11.5 Å². The first-order valence-electron chi connectivity index (χ1n) is 14.7. The van der Waals surface area contributed by atoms with E-state index in [9.17, 15) is 15.0 Å². The number of unbranched alkanes of at least 4 members (excludes halogenated alkanes) is 11. The summed E-state index contributed by atoms with van der Waals surface area (Å²) in [6.07, 6.45) is 14.3. The summed E-state index contributed by atoms with van der Waals surface area (Å²) in [5.74, 6) is 0.492. The summed E-state index contributed by atoms with van der Waals surface area (Å²) in [7, 11) is 0. The lowest BCUT2D eigenvalue weighted by Crippen LogP contribution is -2.12. The number of aromatic hydroxyl groups is 1. The Morgan fingerprint density at radius 1 is 0.568 bits per heavy atom. The van der Waals surface area contributed by atoms with Gasteiger partial charge in [0.2, 0.25) is 17.2 Å². The Kier molecular flexibility index (Phi) is 18.3. The SMILES string of the molecule is CCCCCCCCc1c(OC(=O)O)c(O)c(OCCCCC)c(OCCCCC)c1OCCCCC. The molecule has 0 fully saturated rings. The van der Waals surface area contributed by atoms with Crippen LogP contribution in [0.3, 0.4) is 0 Å². The van der Waals surface area contributed by atoms with Crippen molar-refractivity contribution in [1.82, 2.24) is 0 Å². The van der Waals surface area contributed by atoms with Gasteiger partial charge in [-0.1, -0.05) is 98.3 Å². The van der Waals surface area contributed by atoms with E-state index >= 15 is 0 Å². The van der Waals surface area contributed by atoms with Crippen LogP contribution in [0.1, 0.15) is 130 Å². The van der Waals surface area contributed by atoms with Crippen LogP contribution < -0.4 is 18.9 Å². The topological polar surface area (TPSA) is 94.5 Å². The van der Waals surface area contributed by atoms with Crippen LogP contribution in [-0.2, 0) is 6.42 Å². The molecule has 0 aliphatic rings. The molecule has 0 aromatic heterocycles. The first kappa shape index (κ1) is 32.7. The molecular formula is C30H52O7. The van der Waals surface area contributed by atoms with E-state index in [2.05, 4.69) is 27.7 Å². The van der Waals surface area contributed by atoms with Crippen molar-refractivity contribution in [2.45, 2.75) is 130 Å². The standard InChI is InChI=1S/C30H52O7/c1-5-9-13-14-15-16-20-24-26(37-30(32)33)25(31)28(35-22-18-11-7-3)29(36-23-19-12-8-4)27(24)34-21-17-10-6-2/h31H,5-23H2,1-4H3,(H,32,33). The Morgan fingerprint density at radius 2 is 1.00 bits per heavy atom. The molecule has 0 saturated carbocycles. The maximum atomic E-state index is 11.6. The second-order valence-electron chi connectivity index (χ2n) is 9.70. The molecule has 0 saturated heterocycles. The van der Waals surface area contributed by atoms with Crippen LogP contribution in [0.15, 0.2) is 0 Å². The van der Waals surface area contributed by atoms with Crippen LogP contribution in [0.4, 0.5) is 4.79 Å². The molecule has 0 atom stereocenters. The number of ether oxygens (including phenoxy) is 4. The Morgan fingerprint density at radius 3 is 1.51 bits per heavy atom. The number of rotatable bonds is 23. The van der Waals surface area contributed by atoms with Crippen molar-refractivity contribution in [2.24, 2.45) is 0 Å². The molecule has 0 heterocycles. The van der Waals surface area contributed by atoms with Gasteiger partial charge in [0.1, 0.15) is 0 Å². The highest BCUT2D eigenvalue weighted by Crippen LogP contribution is 2.54. The Bertz CT molecular complexity index is 748. The van der Waals surface area contributed by atoms with Crippen LogP contribution in [0.2, 0.25) is 0 Å². The summed E-state index contributed by atoms with van der Waals surface area (Å²) in [6.45, 7) is 9.87. The van der Waals surface area contributed by atoms with Crippen LogP contribution >= 0.6 is 0 Å². The first-order valence-corrected chi connectivity index (χ1v) is 14.7. The lowest BCUT2D eigenvalue weighted by atomic mass is 10.0. The second kappa shape index (κ2) is 20.7. The minimum absolute atomic E-state index is 0.0991. The summed E-state index contributed by atoms with van der Waals surface area (Å²) in [6, 6.07) is 0. The van der Waals surface area contributed by atoms with E-state index in [1.807, 2.05) is 0 Å². The Hall–Kier alpha value is -2.31. The monoisotopic (exact) mass is 524 g/mol. The van der Waals surface area contributed by atoms with Crippen molar-refractivity contribution < 1.29 is 34.0 Å². The molecule has 1 aromatic rings. The van der Waals surface area contributed by atoms with E-state index in [1.54, 1.807) is 0 Å². The summed E-state index contributed by atoms with van der Waals surface area (Å²) in [5, 5.41) is 20.7. The highest BCUT2D eigenvalue weighted by Gasteiger charge is 2.30. The van der Waals surface area contributed by atoms with Crippen molar-refractivity contribution in [3.8, 4) is 28.7 Å². The fourth-order valence-electron chi connectivity index (χ4n) is 4.20. The van der Waals surface area contributed by atoms with Gasteiger partial charge >= 0.3 is 6.16 Å². The van der Waals surface area contributed by atoms with Crippen molar-refractivity contribution >= 4 is 6.16 Å². The van der Waals surface area contributed by atoms with Crippen LogP contribution in [0.25, 0.3) is 0 Å². The summed E-state index contributed by atoms with van der Waals surface area (Å²) < 4.78 is 23.7. The van der Waals surface area contributed by atoms with Gasteiger partial charge in [0.25, 0.3) is 0 Å². The van der Waals surface area contributed by atoms with Crippen LogP contribution in [0.5, 0.6) is 28.7 Å². The number of carbonyl (C=O) groups is 1. The zero-order chi connectivity index (χ0) is 27.3. The quantitative estimate of drug-likeness (QED) is 0.0837. The number of carboxylic acid groups (broad SMARTS) is 1. The van der Waals surface area contributed by atoms with Gasteiger partial charge in [-0.3, -0.25) is 0 Å². The predicted molar refractivity (Wildman–Crippen MR) is 149 cm³/mol. The van der Waals surface area contributed by atoms with Crippen LogP contribution in [-0.4, -0.2) is 36.2 Å². The fraction of sp³-hybridized carbons (Fsp3) is 0.767. The smallest absolute Gasteiger partial charge is 0.502 e. The number of phenols is 1. The zero-order valence-corrected chi connectivity index (χ0v) is 23.9. The lowest BCUT2D eigenvalue weighted by Gasteiger charge is -2.23. The van der Waals surface area contributed by atoms with E-state index in [1.165, 1.54) is 19.3 Å². The predicted octanol–water partition coefficient (Wildman–Crippen LogP) is 9.06. The van der Waals surface area contributed by atoms with Gasteiger partial charge in [-0.2, -0.15) is 0 Å². The summed E-state index contributed by atoms with van der Waals surface area (Å²) in [5.41, 5.74) is 0.540. The van der Waals surface area contributed by atoms with Crippen molar-refractivity contribution in [3.63, 3.8) is 0 Å². The van der Waals surface area contributed by atoms with Gasteiger partial charge in [-0.05, 0) is 32.1 Å². The number of benzene rings is 1. The van der Waals surface area contributed by atoms with E-state index in [0.29, 0.717) is 43.3 Å². The van der Waals surface area contributed by atoms with Gasteiger partial charge in [0.05, 0.1) is 19.8 Å². The molecule has 214 valence electrons. The van der Waals surface area contributed by atoms with E-state index in [4.69, 9.17) is 18.9 Å². The molecule has 7 nitrogen and oxygen atoms in total. The molecule has 2 N–H and O–H groups in total. The van der Waals surface area contributed by atoms with Crippen molar-refractivity contribution in [2.75, 3.05) is 19.8 Å². The molecule has 7 heteroatoms. The number of hydrogen-bond donors (Lipinski definition) is 2. The van der Waals surface area contributed by atoms with Gasteiger partial charge in [0, 0.05) is 5.56 Å². The zero-order valence-electron chi connectivity index (χ0n) is 23.9.